The van der Waals surface area contributed by atoms with E-state index in [0.717, 1.165) is 11.1 Å². The van der Waals surface area contributed by atoms with Gasteiger partial charge >= 0.3 is 5.97 Å². The first kappa shape index (κ1) is 16.9. The summed E-state index contributed by atoms with van der Waals surface area (Å²) in [6.07, 6.45) is 9.26. The molecule has 0 spiro atoms. The monoisotopic (exact) mass is 348 g/mol. The van der Waals surface area contributed by atoms with Gasteiger partial charge in [0.15, 0.2) is 0 Å². The number of carboxylic acids is 1. The van der Waals surface area contributed by atoms with Crippen LogP contribution in [0.3, 0.4) is 0 Å². The fraction of sp³-hybridized carbons (Fsp3) is 0.0500. The number of rotatable bonds is 5. The number of nitrogens with zero attached hydrogens (tertiary/aromatic N) is 2. The molecule has 0 saturated carbocycles. The maximum Gasteiger partial charge on any atom is 0.335 e. The molecule has 0 aliphatic carbocycles. The van der Waals surface area contributed by atoms with Crippen molar-refractivity contribution >= 4 is 29.9 Å². The molecule has 0 amide bonds. The van der Waals surface area contributed by atoms with Gasteiger partial charge in [0.25, 0.3) is 0 Å². The average Bonchev–Trinajstić information content (AvgIpc) is 2.67. The molecule has 1 aromatic carbocycles. The number of aromatic nitrogens is 2. The first-order valence-electron chi connectivity index (χ1n) is 7.63. The topological polar surface area (TPSA) is 63.1 Å². The molecule has 0 bridgehead atoms. The Hall–Kier alpha value is -2.92. The van der Waals surface area contributed by atoms with Crippen LogP contribution in [0.1, 0.15) is 21.5 Å². The Kier molecular flexibility index (Phi) is 5.26. The summed E-state index contributed by atoms with van der Waals surface area (Å²) < 4.78 is 0. The minimum absolute atomic E-state index is 0.196. The number of hydrogen-bond donors (Lipinski definition) is 1. The van der Waals surface area contributed by atoms with Gasteiger partial charge in [-0.1, -0.05) is 24.3 Å². The fourth-order valence-electron chi connectivity index (χ4n) is 2.30. The van der Waals surface area contributed by atoms with Crippen LogP contribution < -0.4 is 0 Å². The summed E-state index contributed by atoms with van der Waals surface area (Å²) >= 11 is 1.71. The molecule has 25 heavy (non-hydrogen) atoms. The standard InChI is InChI=1S/C20H16N2O2S/c1-25-17-6-4-14(5-7-17)2-3-15-8-10-21-18(12-15)19-13-16(20(23)24)9-11-22-19/h2-13H,1H3,(H,23,24)/b3-2+. The lowest BCUT2D eigenvalue weighted by atomic mass is 10.1. The summed E-state index contributed by atoms with van der Waals surface area (Å²) in [5.41, 5.74) is 3.47. The van der Waals surface area contributed by atoms with Crippen molar-refractivity contribution in [3.63, 3.8) is 0 Å². The number of benzene rings is 1. The van der Waals surface area contributed by atoms with Gasteiger partial charge in [0.1, 0.15) is 0 Å². The van der Waals surface area contributed by atoms with Crippen LogP contribution >= 0.6 is 11.8 Å². The summed E-state index contributed by atoms with van der Waals surface area (Å²) in [4.78, 5) is 20.8. The predicted octanol–water partition coefficient (Wildman–Crippen LogP) is 4.73. The van der Waals surface area contributed by atoms with E-state index in [4.69, 9.17) is 5.11 Å². The van der Waals surface area contributed by atoms with Crippen molar-refractivity contribution in [1.29, 1.82) is 0 Å². The van der Waals surface area contributed by atoms with Crippen LogP contribution in [0, 0.1) is 0 Å². The van der Waals surface area contributed by atoms with Gasteiger partial charge in [0.05, 0.1) is 17.0 Å². The molecule has 5 heteroatoms. The second-order valence-corrected chi connectivity index (χ2v) is 6.20. The van der Waals surface area contributed by atoms with Crippen molar-refractivity contribution in [1.82, 2.24) is 9.97 Å². The highest BCUT2D eigenvalue weighted by atomic mass is 32.2. The number of pyridine rings is 2. The Morgan fingerprint density at radius 1 is 0.920 bits per heavy atom. The lowest BCUT2D eigenvalue weighted by molar-refractivity contribution is 0.0697. The number of carbonyl (C=O) groups is 1. The lowest BCUT2D eigenvalue weighted by Gasteiger charge is -2.03. The first-order valence-corrected chi connectivity index (χ1v) is 8.86. The van der Waals surface area contributed by atoms with Crippen molar-refractivity contribution in [3.05, 3.63) is 77.6 Å². The Morgan fingerprint density at radius 3 is 2.24 bits per heavy atom. The van der Waals surface area contributed by atoms with Gasteiger partial charge in [-0.05, 0) is 53.8 Å². The Morgan fingerprint density at radius 2 is 1.56 bits per heavy atom. The highest BCUT2D eigenvalue weighted by Crippen LogP contribution is 2.19. The third kappa shape index (κ3) is 4.33. The molecular formula is C20H16N2O2S. The molecule has 3 aromatic rings. The van der Waals surface area contributed by atoms with E-state index in [1.165, 1.54) is 23.2 Å². The van der Waals surface area contributed by atoms with Gasteiger partial charge in [-0.2, -0.15) is 0 Å². The Balaban J connectivity index is 1.84. The van der Waals surface area contributed by atoms with E-state index in [1.54, 1.807) is 18.0 Å². The van der Waals surface area contributed by atoms with Crippen LogP contribution in [0.15, 0.2) is 65.8 Å². The molecular weight excluding hydrogens is 332 g/mol. The van der Waals surface area contributed by atoms with Gasteiger partial charge in [-0.25, -0.2) is 4.79 Å². The van der Waals surface area contributed by atoms with Crippen molar-refractivity contribution in [2.75, 3.05) is 6.26 Å². The largest absolute Gasteiger partial charge is 0.478 e. The molecule has 0 radical (unpaired) electrons. The first-order chi connectivity index (χ1) is 12.2. The smallest absolute Gasteiger partial charge is 0.335 e. The van der Waals surface area contributed by atoms with Gasteiger partial charge in [-0.15, -0.1) is 11.8 Å². The number of hydrogen-bond acceptors (Lipinski definition) is 4. The predicted molar refractivity (Wildman–Crippen MR) is 102 cm³/mol. The third-order valence-corrected chi connectivity index (χ3v) is 4.38. The number of thioether (sulfide) groups is 1. The highest BCUT2D eigenvalue weighted by Gasteiger charge is 2.07. The van der Waals surface area contributed by atoms with Crippen LogP contribution in [0.2, 0.25) is 0 Å². The molecule has 0 aliphatic rings. The molecule has 2 heterocycles. The van der Waals surface area contributed by atoms with Gasteiger partial charge in [0.2, 0.25) is 0 Å². The third-order valence-electron chi connectivity index (χ3n) is 3.64. The molecule has 2 aromatic heterocycles. The minimum Gasteiger partial charge on any atom is -0.478 e. The van der Waals surface area contributed by atoms with Crippen LogP contribution in [-0.4, -0.2) is 27.3 Å². The van der Waals surface area contributed by atoms with E-state index >= 15 is 0 Å². The zero-order chi connectivity index (χ0) is 17.6. The van der Waals surface area contributed by atoms with Crippen molar-refractivity contribution in [2.24, 2.45) is 0 Å². The van der Waals surface area contributed by atoms with E-state index in [0.29, 0.717) is 11.4 Å². The molecule has 1 N–H and O–H groups in total. The molecule has 3 rings (SSSR count). The van der Waals surface area contributed by atoms with Crippen LogP contribution in [0.25, 0.3) is 23.5 Å². The molecule has 4 nitrogen and oxygen atoms in total. The van der Waals surface area contributed by atoms with E-state index in [1.807, 2.05) is 24.3 Å². The summed E-state index contributed by atoms with van der Waals surface area (Å²) in [7, 11) is 0. The normalized spacial score (nSPS) is 10.9. The number of carboxylic acid groups (broad SMARTS) is 1. The Labute approximate surface area is 150 Å². The van der Waals surface area contributed by atoms with Crippen LogP contribution in [-0.2, 0) is 0 Å². The van der Waals surface area contributed by atoms with E-state index in [-0.39, 0.29) is 5.56 Å². The molecule has 0 fully saturated rings. The van der Waals surface area contributed by atoms with Crippen molar-refractivity contribution in [2.45, 2.75) is 4.90 Å². The minimum atomic E-state index is -0.978. The van der Waals surface area contributed by atoms with Crippen LogP contribution in [0.4, 0.5) is 0 Å². The van der Waals surface area contributed by atoms with Gasteiger partial charge < -0.3 is 5.11 Å². The lowest BCUT2D eigenvalue weighted by Crippen LogP contribution is -1.98. The molecule has 0 saturated heterocycles. The molecule has 0 aliphatic heterocycles. The summed E-state index contributed by atoms with van der Waals surface area (Å²) in [6.45, 7) is 0. The second-order valence-electron chi connectivity index (χ2n) is 5.32. The summed E-state index contributed by atoms with van der Waals surface area (Å²) in [5, 5.41) is 9.10. The maximum atomic E-state index is 11.1. The zero-order valence-electron chi connectivity index (χ0n) is 13.6. The van der Waals surface area contributed by atoms with E-state index in [2.05, 4.69) is 40.5 Å². The highest BCUT2D eigenvalue weighted by molar-refractivity contribution is 7.98. The molecule has 0 unspecified atom stereocenters. The van der Waals surface area contributed by atoms with Gasteiger partial charge in [-0.3, -0.25) is 9.97 Å². The van der Waals surface area contributed by atoms with Crippen LogP contribution in [0.5, 0.6) is 0 Å². The van der Waals surface area contributed by atoms with E-state index in [9.17, 15) is 4.79 Å². The zero-order valence-corrected chi connectivity index (χ0v) is 14.4. The van der Waals surface area contributed by atoms with Gasteiger partial charge in [0, 0.05) is 17.3 Å². The maximum absolute atomic E-state index is 11.1. The van der Waals surface area contributed by atoms with E-state index < -0.39 is 5.97 Å². The summed E-state index contributed by atoms with van der Waals surface area (Å²) in [5.74, 6) is -0.978. The van der Waals surface area contributed by atoms with Crippen molar-refractivity contribution < 1.29 is 9.90 Å². The average molecular weight is 348 g/mol. The Bertz CT molecular complexity index is 921. The summed E-state index contributed by atoms with van der Waals surface area (Å²) in [6, 6.07) is 15.1. The second kappa shape index (κ2) is 7.77. The fourth-order valence-corrected chi connectivity index (χ4v) is 2.71. The molecule has 124 valence electrons. The quantitative estimate of drug-likeness (QED) is 0.675. The SMILES string of the molecule is CSc1ccc(/C=C/c2ccnc(-c3cc(C(=O)O)ccn3)c2)cc1. The van der Waals surface area contributed by atoms with Crippen molar-refractivity contribution in [3.8, 4) is 11.4 Å². The number of aromatic carboxylic acids is 1. The molecule has 0 atom stereocenters.